The minimum atomic E-state index is -0.438. The van der Waals surface area contributed by atoms with E-state index in [4.69, 9.17) is 14.2 Å². The fraction of sp³-hybridized carbons (Fsp3) is 0.238. The quantitative estimate of drug-likeness (QED) is 0.524. The molecular weight excluding hydrogens is 424 g/mol. The lowest BCUT2D eigenvalue weighted by atomic mass is 10.1. The lowest BCUT2D eigenvalue weighted by Crippen LogP contribution is -2.10. The third-order valence-electron chi connectivity index (χ3n) is 4.40. The number of ether oxygens (including phenoxy) is 3. The first kappa shape index (κ1) is 19.9. The molecule has 1 heterocycles. The molecule has 1 aromatic heterocycles. The molecule has 0 aliphatic carbocycles. The number of halogens is 1. The van der Waals surface area contributed by atoms with E-state index in [9.17, 15) is 4.79 Å². The summed E-state index contributed by atoms with van der Waals surface area (Å²) in [5.74, 6) is 0.975. The molecule has 3 aromatic rings. The van der Waals surface area contributed by atoms with E-state index in [1.807, 2.05) is 37.3 Å². The fourth-order valence-corrected chi connectivity index (χ4v) is 3.46. The van der Waals surface area contributed by atoms with E-state index in [1.54, 1.807) is 21.1 Å². The highest BCUT2D eigenvalue weighted by atomic mass is 79.9. The number of hydrogen-bond donors (Lipinski definition) is 1. The van der Waals surface area contributed by atoms with Crippen LogP contribution in [0.1, 0.15) is 22.8 Å². The molecule has 0 aliphatic heterocycles. The molecule has 3 rings (SSSR count). The third kappa shape index (κ3) is 3.75. The van der Waals surface area contributed by atoms with Crippen LogP contribution in [0.3, 0.4) is 0 Å². The first-order valence-electron chi connectivity index (χ1n) is 8.74. The highest BCUT2D eigenvalue weighted by molar-refractivity contribution is 9.10. The van der Waals surface area contributed by atoms with Gasteiger partial charge in [-0.2, -0.15) is 0 Å². The highest BCUT2D eigenvalue weighted by Crippen LogP contribution is 2.37. The number of pyridine rings is 1. The Morgan fingerprint density at radius 1 is 1.18 bits per heavy atom. The maximum atomic E-state index is 12.6. The van der Waals surface area contributed by atoms with Crippen LogP contribution in [0.4, 0.5) is 11.4 Å². The molecule has 0 unspecified atom stereocenters. The number of fused-ring (bicyclic) bond motifs is 1. The molecule has 0 spiro atoms. The number of nitrogens with zero attached hydrogens (tertiary/aromatic N) is 1. The molecular formula is C21H21BrN2O4. The van der Waals surface area contributed by atoms with E-state index in [0.717, 1.165) is 26.9 Å². The van der Waals surface area contributed by atoms with Crippen LogP contribution in [0.25, 0.3) is 10.9 Å². The van der Waals surface area contributed by atoms with Gasteiger partial charge in [-0.3, -0.25) is 4.98 Å². The van der Waals surface area contributed by atoms with Crippen molar-refractivity contribution in [2.75, 3.05) is 26.1 Å². The molecule has 0 aliphatic rings. The van der Waals surface area contributed by atoms with E-state index >= 15 is 0 Å². The Labute approximate surface area is 171 Å². The Morgan fingerprint density at radius 2 is 1.93 bits per heavy atom. The first-order chi connectivity index (χ1) is 13.5. The smallest absolute Gasteiger partial charge is 0.341 e. The number of rotatable bonds is 6. The SMILES string of the molecule is CCOC(=O)c1cnc2cc(OC)c(Br)cc2c1Nc1cccc(OC)c1C. The Bertz CT molecular complexity index is 1040. The number of carbonyl (C=O) groups is 1. The van der Waals surface area contributed by atoms with Crippen LogP contribution in [0.2, 0.25) is 0 Å². The average Bonchev–Trinajstić information content (AvgIpc) is 2.69. The Hall–Kier alpha value is -2.80. The molecule has 0 saturated heterocycles. The molecule has 0 amide bonds. The van der Waals surface area contributed by atoms with Gasteiger partial charge in [0.2, 0.25) is 0 Å². The maximum Gasteiger partial charge on any atom is 0.341 e. The summed E-state index contributed by atoms with van der Waals surface area (Å²) in [6.45, 7) is 4.00. The van der Waals surface area contributed by atoms with Crippen molar-refractivity contribution in [3.63, 3.8) is 0 Å². The molecule has 1 N–H and O–H groups in total. The van der Waals surface area contributed by atoms with Crippen LogP contribution in [-0.2, 0) is 4.74 Å². The summed E-state index contributed by atoms with van der Waals surface area (Å²) in [5, 5.41) is 4.14. The summed E-state index contributed by atoms with van der Waals surface area (Å²) in [6.07, 6.45) is 1.52. The molecule has 0 bridgehead atoms. The van der Waals surface area contributed by atoms with E-state index in [0.29, 0.717) is 22.5 Å². The largest absolute Gasteiger partial charge is 0.496 e. The molecule has 0 atom stereocenters. The number of anilines is 2. The van der Waals surface area contributed by atoms with E-state index < -0.39 is 5.97 Å². The number of carbonyl (C=O) groups excluding carboxylic acids is 1. The number of aromatic nitrogens is 1. The van der Waals surface area contributed by atoms with E-state index in [-0.39, 0.29) is 6.61 Å². The van der Waals surface area contributed by atoms with Crippen molar-refractivity contribution in [1.29, 1.82) is 0 Å². The van der Waals surface area contributed by atoms with Crippen molar-refractivity contribution >= 4 is 44.2 Å². The van der Waals surface area contributed by atoms with Crippen molar-refractivity contribution in [3.05, 3.63) is 52.1 Å². The average molecular weight is 445 g/mol. The van der Waals surface area contributed by atoms with Crippen molar-refractivity contribution in [1.82, 2.24) is 4.98 Å². The Kier molecular flexibility index (Phi) is 6.04. The molecule has 7 heteroatoms. The molecule has 0 fully saturated rings. The maximum absolute atomic E-state index is 12.6. The monoisotopic (exact) mass is 444 g/mol. The van der Waals surface area contributed by atoms with Crippen LogP contribution in [-0.4, -0.2) is 31.8 Å². The molecule has 0 saturated carbocycles. The topological polar surface area (TPSA) is 69.7 Å². The molecule has 2 aromatic carbocycles. The van der Waals surface area contributed by atoms with Gasteiger partial charge in [0, 0.05) is 28.9 Å². The van der Waals surface area contributed by atoms with Crippen LogP contribution < -0.4 is 14.8 Å². The summed E-state index contributed by atoms with van der Waals surface area (Å²) in [4.78, 5) is 17.0. The Balaban J connectivity index is 2.23. The second-order valence-corrected chi connectivity index (χ2v) is 6.88. The molecule has 28 heavy (non-hydrogen) atoms. The predicted octanol–water partition coefficient (Wildman–Crippen LogP) is 5.24. The van der Waals surface area contributed by atoms with Gasteiger partial charge >= 0.3 is 5.97 Å². The minimum Gasteiger partial charge on any atom is -0.496 e. The lowest BCUT2D eigenvalue weighted by Gasteiger charge is -2.17. The third-order valence-corrected chi connectivity index (χ3v) is 5.02. The van der Waals surface area contributed by atoms with Crippen molar-refractivity contribution in [2.24, 2.45) is 0 Å². The fourth-order valence-electron chi connectivity index (χ4n) is 2.95. The number of nitrogens with one attached hydrogen (secondary N) is 1. The van der Waals surface area contributed by atoms with Gasteiger partial charge in [-0.1, -0.05) is 6.07 Å². The standard InChI is InChI=1S/C21H21BrN2O4/c1-5-28-21(25)14-11-23-17-10-19(27-4)15(22)9-13(17)20(14)24-16-7-6-8-18(26-3)12(16)2/h6-11H,5H2,1-4H3,(H,23,24). The van der Waals surface area contributed by atoms with Gasteiger partial charge in [-0.05, 0) is 48.0 Å². The van der Waals surface area contributed by atoms with E-state index in [1.165, 1.54) is 6.20 Å². The van der Waals surface area contributed by atoms with Gasteiger partial charge in [0.05, 0.1) is 36.5 Å². The molecule has 0 radical (unpaired) electrons. The summed E-state index contributed by atoms with van der Waals surface area (Å²) >= 11 is 3.51. The highest BCUT2D eigenvalue weighted by Gasteiger charge is 2.19. The summed E-state index contributed by atoms with van der Waals surface area (Å²) in [5.41, 5.74) is 3.41. The van der Waals surface area contributed by atoms with Gasteiger partial charge in [-0.15, -0.1) is 0 Å². The first-order valence-corrected chi connectivity index (χ1v) is 9.53. The van der Waals surface area contributed by atoms with Gasteiger partial charge in [-0.25, -0.2) is 4.79 Å². The zero-order valence-electron chi connectivity index (χ0n) is 16.1. The lowest BCUT2D eigenvalue weighted by molar-refractivity contribution is 0.0527. The number of methoxy groups -OCH3 is 2. The van der Waals surface area contributed by atoms with Gasteiger partial charge in [0.25, 0.3) is 0 Å². The van der Waals surface area contributed by atoms with Gasteiger partial charge < -0.3 is 19.5 Å². The van der Waals surface area contributed by atoms with Crippen molar-refractivity contribution in [2.45, 2.75) is 13.8 Å². The van der Waals surface area contributed by atoms with Crippen molar-refractivity contribution < 1.29 is 19.0 Å². The van der Waals surface area contributed by atoms with E-state index in [2.05, 4.69) is 26.2 Å². The molecule has 6 nitrogen and oxygen atoms in total. The molecule has 146 valence electrons. The zero-order valence-corrected chi connectivity index (χ0v) is 17.7. The van der Waals surface area contributed by atoms with Gasteiger partial charge in [0.1, 0.15) is 17.1 Å². The summed E-state index contributed by atoms with van der Waals surface area (Å²) in [6, 6.07) is 9.40. The summed E-state index contributed by atoms with van der Waals surface area (Å²) < 4.78 is 16.8. The van der Waals surface area contributed by atoms with Crippen LogP contribution >= 0.6 is 15.9 Å². The normalized spacial score (nSPS) is 10.6. The number of esters is 1. The number of hydrogen-bond acceptors (Lipinski definition) is 6. The van der Waals surface area contributed by atoms with Crippen LogP contribution in [0.15, 0.2) is 41.0 Å². The number of benzene rings is 2. The summed E-state index contributed by atoms with van der Waals surface area (Å²) in [7, 11) is 3.22. The van der Waals surface area contributed by atoms with Crippen molar-refractivity contribution in [3.8, 4) is 11.5 Å². The second kappa shape index (κ2) is 8.48. The van der Waals surface area contributed by atoms with Crippen LogP contribution in [0.5, 0.6) is 11.5 Å². The minimum absolute atomic E-state index is 0.279. The van der Waals surface area contributed by atoms with Crippen LogP contribution in [0, 0.1) is 6.92 Å². The Morgan fingerprint density at radius 3 is 2.61 bits per heavy atom. The zero-order chi connectivity index (χ0) is 20.3. The van der Waals surface area contributed by atoms with Gasteiger partial charge in [0.15, 0.2) is 0 Å². The second-order valence-electron chi connectivity index (χ2n) is 6.03. The predicted molar refractivity (Wildman–Crippen MR) is 113 cm³/mol.